The minimum absolute atomic E-state index is 0.0119. The first-order valence-electron chi connectivity index (χ1n) is 11.2. The fourth-order valence-electron chi connectivity index (χ4n) is 3.61. The Balaban J connectivity index is 2.01. The van der Waals surface area contributed by atoms with Gasteiger partial charge >= 0.3 is 16.3 Å². The summed E-state index contributed by atoms with van der Waals surface area (Å²) in [6, 6.07) is 11.7. The lowest BCUT2D eigenvalue weighted by molar-refractivity contribution is -0.137. The summed E-state index contributed by atoms with van der Waals surface area (Å²) < 4.78 is 76.2. The molecule has 2 aromatic carbocycles. The lowest BCUT2D eigenvalue weighted by Crippen LogP contribution is -2.28. The van der Waals surface area contributed by atoms with Gasteiger partial charge in [-0.05, 0) is 50.2 Å². The Morgan fingerprint density at radius 3 is 2.31 bits per heavy atom. The predicted octanol–water partition coefficient (Wildman–Crippen LogP) is 5.46. The van der Waals surface area contributed by atoms with E-state index in [-0.39, 0.29) is 24.7 Å². The number of nitrogens with zero attached hydrogens (tertiary/aromatic N) is 2. The molecule has 3 rings (SSSR count). The molecule has 194 valence electrons. The second-order valence-electron chi connectivity index (χ2n) is 7.98. The summed E-state index contributed by atoms with van der Waals surface area (Å²) in [5, 5.41) is 0. The van der Waals surface area contributed by atoms with Crippen molar-refractivity contribution in [1.29, 1.82) is 0 Å². The third-order valence-electron chi connectivity index (χ3n) is 5.56. The van der Waals surface area contributed by atoms with E-state index in [1.165, 1.54) is 24.2 Å². The van der Waals surface area contributed by atoms with Gasteiger partial charge in [0.1, 0.15) is 16.4 Å². The standard InChI is InChI=1S/C25H27F3N2O5S/c1-4-29(5-2)21-12-11-19(16-30(18(3)31)17-22-9-7-13-34-22)24(15-21)35-36(32,33)23-10-6-8-20(14-23)25(26,27)28/h6-15H,4-5,16-17H2,1-3H3. The van der Waals surface area contributed by atoms with Crippen molar-refractivity contribution in [3.05, 3.63) is 77.7 Å². The highest BCUT2D eigenvalue weighted by atomic mass is 32.2. The number of halogens is 3. The molecule has 36 heavy (non-hydrogen) atoms. The van der Waals surface area contributed by atoms with Gasteiger partial charge in [0.2, 0.25) is 5.91 Å². The van der Waals surface area contributed by atoms with Gasteiger partial charge in [-0.1, -0.05) is 12.1 Å². The molecule has 0 aliphatic heterocycles. The fraction of sp³-hybridized carbons (Fsp3) is 0.320. The van der Waals surface area contributed by atoms with E-state index in [2.05, 4.69) is 0 Å². The molecule has 7 nitrogen and oxygen atoms in total. The molecule has 0 aliphatic carbocycles. The molecule has 0 saturated heterocycles. The maximum absolute atomic E-state index is 13.2. The molecule has 0 N–H and O–H groups in total. The molecule has 0 bridgehead atoms. The normalized spacial score (nSPS) is 11.8. The molecular weight excluding hydrogens is 497 g/mol. The maximum Gasteiger partial charge on any atom is 0.416 e. The van der Waals surface area contributed by atoms with Gasteiger partial charge in [-0.3, -0.25) is 4.79 Å². The third kappa shape index (κ3) is 6.60. The Kier molecular flexibility index (Phi) is 8.34. The summed E-state index contributed by atoms with van der Waals surface area (Å²) >= 11 is 0. The number of benzene rings is 2. The van der Waals surface area contributed by atoms with Gasteiger partial charge in [-0.2, -0.15) is 21.6 Å². The lowest BCUT2D eigenvalue weighted by atomic mass is 10.1. The van der Waals surface area contributed by atoms with Crippen LogP contribution in [0, 0.1) is 0 Å². The highest BCUT2D eigenvalue weighted by molar-refractivity contribution is 7.87. The van der Waals surface area contributed by atoms with E-state index in [9.17, 15) is 26.4 Å². The number of furan rings is 1. The van der Waals surface area contributed by atoms with Gasteiger partial charge < -0.3 is 18.4 Å². The fourth-order valence-corrected chi connectivity index (χ4v) is 4.61. The average Bonchev–Trinajstić information content (AvgIpc) is 3.33. The number of amides is 1. The van der Waals surface area contributed by atoms with Crippen molar-refractivity contribution in [2.24, 2.45) is 0 Å². The zero-order valence-corrected chi connectivity index (χ0v) is 20.9. The lowest BCUT2D eigenvalue weighted by Gasteiger charge is -2.25. The van der Waals surface area contributed by atoms with Crippen LogP contribution in [0.1, 0.15) is 37.7 Å². The molecule has 11 heteroatoms. The summed E-state index contributed by atoms with van der Waals surface area (Å²) in [6.45, 7) is 6.62. The topological polar surface area (TPSA) is 80.1 Å². The van der Waals surface area contributed by atoms with Crippen LogP contribution in [0.25, 0.3) is 0 Å². The van der Waals surface area contributed by atoms with Crippen LogP contribution in [0.5, 0.6) is 5.75 Å². The molecule has 0 radical (unpaired) electrons. The number of anilines is 1. The van der Waals surface area contributed by atoms with Gasteiger partial charge in [0.25, 0.3) is 0 Å². The van der Waals surface area contributed by atoms with Gasteiger partial charge in [0.15, 0.2) is 0 Å². The first-order chi connectivity index (χ1) is 16.9. The minimum atomic E-state index is -4.72. The van der Waals surface area contributed by atoms with Crippen LogP contribution >= 0.6 is 0 Å². The minimum Gasteiger partial charge on any atom is -0.467 e. The molecule has 0 fully saturated rings. The van der Waals surface area contributed by atoms with Crippen LogP contribution < -0.4 is 9.08 Å². The van der Waals surface area contributed by atoms with Crippen molar-refractivity contribution >= 4 is 21.7 Å². The molecule has 1 heterocycles. The van der Waals surface area contributed by atoms with E-state index in [4.69, 9.17) is 8.60 Å². The van der Waals surface area contributed by atoms with E-state index in [1.54, 1.807) is 24.3 Å². The van der Waals surface area contributed by atoms with Crippen molar-refractivity contribution in [2.75, 3.05) is 18.0 Å². The van der Waals surface area contributed by atoms with Gasteiger partial charge in [-0.25, -0.2) is 0 Å². The van der Waals surface area contributed by atoms with Crippen molar-refractivity contribution in [3.63, 3.8) is 0 Å². The molecule has 3 aromatic rings. The van der Waals surface area contributed by atoms with Crippen LogP contribution in [0.15, 0.2) is 70.2 Å². The molecule has 1 aromatic heterocycles. The first kappa shape index (κ1) is 27.1. The average molecular weight is 525 g/mol. The molecule has 0 saturated carbocycles. The Morgan fingerprint density at radius 2 is 1.72 bits per heavy atom. The summed E-state index contributed by atoms with van der Waals surface area (Å²) in [5.41, 5.74) is -0.0768. The third-order valence-corrected chi connectivity index (χ3v) is 6.79. The number of hydrogen-bond acceptors (Lipinski definition) is 6. The van der Waals surface area contributed by atoms with Crippen molar-refractivity contribution in [3.8, 4) is 5.75 Å². The number of carbonyl (C=O) groups is 1. The van der Waals surface area contributed by atoms with Crippen LogP contribution in [0.3, 0.4) is 0 Å². The Morgan fingerprint density at radius 1 is 1.00 bits per heavy atom. The highest BCUT2D eigenvalue weighted by Crippen LogP contribution is 2.33. The van der Waals surface area contributed by atoms with Crippen molar-refractivity contribution in [2.45, 2.75) is 44.9 Å². The SMILES string of the molecule is CCN(CC)c1ccc(CN(Cc2ccco2)C(C)=O)c(OS(=O)(=O)c2cccc(C(F)(F)F)c2)c1. The highest BCUT2D eigenvalue weighted by Gasteiger charge is 2.32. The zero-order chi connectivity index (χ0) is 26.5. The summed E-state index contributed by atoms with van der Waals surface area (Å²) in [5.74, 6) is 0.164. The predicted molar refractivity (Wildman–Crippen MR) is 128 cm³/mol. The number of alkyl halides is 3. The summed E-state index contributed by atoms with van der Waals surface area (Å²) in [4.78, 5) is 15.1. The smallest absolute Gasteiger partial charge is 0.416 e. The monoisotopic (exact) mass is 524 g/mol. The Hall–Kier alpha value is -3.47. The van der Waals surface area contributed by atoms with E-state index >= 15 is 0 Å². The number of carbonyl (C=O) groups excluding carboxylic acids is 1. The summed E-state index contributed by atoms with van der Waals surface area (Å²) in [7, 11) is -4.62. The first-order valence-corrected chi connectivity index (χ1v) is 12.6. The van der Waals surface area contributed by atoms with Crippen molar-refractivity contribution < 1.29 is 35.0 Å². The van der Waals surface area contributed by atoms with Crippen LogP contribution in [-0.2, 0) is 34.2 Å². The molecule has 1 amide bonds. The number of rotatable bonds is 10. The second-order valence-corrected chi connectivity index (χ2v) is 9.53. The van der Waals surface area contributed by atoms with Crippen LogP contribution in [0.2, 0.25) is 0 Å². The largest absolute Gasteiger partial charge is 0.467 e. The number of hydrogen-bond donors (Lipinski definition) is 0. The molecule has 0 unspecified atom stereocenters. The summed E-state index contributed by atoms with van der Waals surface area (Å²) in [6.07, 6.45) is -3.24. The van der Waals surface area contributed by atoms with Gasteiger partial charge in [0.05, 0.1) is 18.4 Å². The Bertz CT molecular complexity index is 1290. The quantitative estimate of drug-likeness (QED) is 0.328. The van der Waals surface area contributed by atoms with Crippen LogP contribution in [-0.4, -0.2) is 32.3 Å². The molecular formula is C25H27F3N2O5S. The molecule has 0 atom stereocenters. The zero-order valence-electron chi connectivity index (χ0n) is 20.1. The van der Waals surface area contributed by atoms with Gasteiger partial charge in [0, 0.05) is 43.9 Å². The Labute approximate surface area is 208 Å². The molecule has 0 spiro atoms. The van der Waals surface area contributed by atoms with E-state index in [0.717, 1.165) is 18.2 Å². The van der Waals surface area contributed by atoms with E-state index in [0.29, 0.717) is 36.2 Å². The molecule has 0 aliphatic rings. The van der Waals surface area contributed by atoms with E-state index < -0.39 is 26.8 Å². The second kappa shape index (κ2) is 11.1. The van der Waals surface area contributed by atoms with Gasteiger partial charge in [-0.15, -0.1) is 0 Å². The van der Waals surface area contributed by atoms with E-state index in [1.807, 2.05) is 18.7 Å². The van der Waals surface area contributed by atoms with Crippen LogP contribution in [0.4, 0.5) is 18.9 Å². The maximum atomic E-state index is 13.2. The van der Waals surface area contributed by atoms with Crippen molar-refractivity contribution in [1.82, 2.24) is 4.90 Å².